The Balaban J connectivity index is 1.20. The highest BCUT2D eigenvalue weighted by Gasteiger charge is 2.23. The van der Waals surface area contributed by atoms with Crippen molar-refractivity contribution in [2.45, 2.75) is 32.8 Å². The van der Waals surface area contributed by atoms with Gasteiger partial charge in [-0.2, -0.15) is 0 Å². The SMILES string of the molecule is CC1CCN(CC=CC(=O)N2CCCOc3cc4ncnc(Nc5ccc(OCc6cccc(F)c6)c(Cl)c5)c4cc32)CC1. The van der Waals surface area contributed by atoms with Crippen LogP contribution in [0.2, 0.25) is 5.02 Å². The minimum atomic E-state index is -0.316. The van der Waals surface area contributed by atoms with Crippen LogP contribution in [-0.4, -0.2) is 53.6 Å². The maximum Gasteiger partial charge on any atom is 0.250 e. The van der Waals surface area contributed by atoms with Crippen LogP contribution in [0.3, 0.4) is 0 Å². The number of aromatic nitrogens is 2. The maximum atomic E-state index is 13.5. The number of hydrogen-bond acceptors (Lipinski definition) is 7. The van der Waals surface area contributed by atoms with Gasteiger partial charge in [0.15, 0.2) is 0 Å². The summed E-state index contributed by atoms with van der Waals surface area (Å²) in [6.45, 7) is 6.45. The summed E-state index contributed by atoms with van der Waals surface area (Å²) in [6.07, 6.45) is 8.25. The van der Waals surface area contributed by atoms with Gasteiger partial charge >= 0.3 is 0 Å². The lowest BCUT2D eigenvalue weighted by Gasteiger charge is -2.29. The molecule has 10 heteroatoms. The fraction of sp³-hybridized carbons (Fsp3) is 0.324. The van der Waals surface area contributed by atoms with Crippen molar-refractivity contribution in [1.29, 1.82) is 0 Å². The molecule has 1 aromatic heterocycles. The van der Waals surface area contributed by atoms with E-state index >= 15 is 0 Å². The van der Waals surface area contributed by atoms with Gasteiger partial charge in [0.05, 0.1) is 22.8 Å². The van der Waals surface area contributed by atoms with E-state index in [-0.39, 0.29) is 18.3 Å². The monoisotopic (exact) mass is 615 g/mol. The first-order chi connectivity index (χ1) is 21.4. The number of rotatable bonds is 8. The summed E-state index contributed by atoms with van der Waals surface area (Å²) < 4.78 is 25.4. The number of anilines is 3. The highest BCUT2D eigenvalue weighted by Crippen LogP contribution is 2.38. The summed E-state index contributed by atoms with van der Waals surface area (Å²) in [6, 6.07) is 15.3. The second kappa shape index (κ2) is 13.6. The molecule has 2 aliphatic rings. The first-order valence-electron chi connectivity index (χ1n) is 15.0. The Morgan fingerprint density at radius 1 is 1.14 bits per heavy atom. The quantitative estimate of drug-likeness (QED) is 0.211. The van der Waals surface area contributed by atoms with E-state index in [1.165, 1.54) is 31.3 Å². The molecule has 0 bridgehead atoms. The number of ether oxygens (including phenoxy) is 2. The Bertz CT molecular complexity index is 1670. The Morgan fingerprint density at radius 2 is 2.00 bits per heavy atom. The smallest absolute Gasteiger partial charge is 0.250 e. The number of carbonyl (C=O) groups excluding carboxylic acids is 1. The van der Waals surface area contributed by atoms with Crippen molar-refractivity contribution in [2.75, 3.05) is 43.0 Å². The third-order valence-corrected chi connectivity index (χ3v) is 8.33. The molecule has 0 atom stereocenters. The van der Waals surface area contributed by atoms with Gasteiger partial charge in [0.1, 0.15) is 36.1 Å². The van der Waals surface area contributed by atoms with Crippen molar-refractivity contribution < 1.29 is 18.7 Å². The molecule has 1 saturated heterocycles. The standard InChI is InChI=1S/C34H35ClFN5O3/c1-23-10-14-40(15-11-23)12-3-7-33(42)41-13-4-16-43-32-20-29-27(19-30(32)41)34(38-22-37-29)39-26-8-9-31(28(35)18-26)44-21-24-5-2-6-25(36)17-24/h2-3,5-9,17-20,22-23H,4,10-16,21H2,1H3,(H,37,38,39). The second-order valence-corrected chi connectivity index (χ2v) is 11.7. The molecule has 6 rings (SSSR count). The third-order valence-electron chi connectivity index (χ3n) is 8.03. The number of fused-ring (bicyclic) bond motifs is 2. The number of likely N-dealkylation sites (tertiary alicyclic amines) is 1. The van der Waals surface area contributed by atoms with E-state index in [0.717, 1.165) is 37.4 Å². The number of nitrogens with zero attached hydrogens (tertiary/aromatic N) is 4. The van der Waals surface area contributed by atoms with Crippen LogP contribution >= 0.6 is 11.6 Å². The molecular weight excluding hydrogens is 581 g/mol. The molecule has 1 fully saturated rings. The number of amides is 1. The molecule has 1 amide bonds. The zero-order chi connectivity index (χ0) is 30.5. The van der Waals surface area contributed by atoms with Crippen LogP contribution in [-0.2, 0) is 11.4 Å². The van der Waals surface area contributed by atoms with E-state index in [2.05, 4.69) is 27.1 Å². The maximum absolute atomic E-state index is 13.5. The normalized spacial score (nSPS) is 16.0. The molecule has 228 valence electrons. The molecular formula is C34H35ClFN5O3. The third kappa shape index (κ3) is 7.11. The minimum Gasteiger partial charge on any atom is -0.491 e. The Kier molecular flexibility index (Phi) is 9.23. The van der Waals surface area contributed by atoms with E-state index in [4.69, 9.17) is 21.1 Å². The molecule has 0 unspecified atom stereocenters. The van der Waals surface area contributed by atoms with E-state index in [9.17, 15) is 9.18 Å². The Labute approximate surface area is 261 Å². The fourth-order valence-corrected chi connectivity index (χ4v) is 5.75. The number of halogens is 2. The molecule has 0 spiro atoms. The van der Waals surface area contributed by atoms with Gasteiger partial charge in [-0.25, -0.2) is 14.4 Å². The van der Waals surface area contributed by atoms with Crippen LogP contribution in [0.15, 0.2) is 73.1 Å². The van der Waals surface area contributed by atoms with Gasteiger partial charge < -0.3 is 19.7 Å². The summed E-state index contributed by atoms with van der Waals surface area (Å²) in [5.41, 5.74) is 2.78. The average Bonchev–Trinajstić information content (AvgIpc) is 3.23. The van der Waals surface area contributed by atoms with Crippen molar-refractivity contribution in [1.82, 2.24) is 14.9 Å². The molecule has 0 aliphatic carbocycles. The predicted octanol–water partition coefficient (Wildman–Crippen LogP) is 7.15. The Hall–Kier alpha value is -4.21. The minimum absolute atomic E-state index is 0.0755. The average molecular weight is 616 g/mol. The highest BCUT2D eigenvalue weighted by atomic mass is 35.5. The van der Waals surface area contributed by atoms with Gasteiger partial charge in [-0.3, -0.25) is 9.69 Å². The zero-order valence-corrected chi connectivity index (χ0v) is 25.4. The van der Waals surface area contributed by atoms with Gasteiger partial charge in [0.25, 0.3) is 5.91 Å². The summed E-state index contributed by atoms with van der Waals surface area (Å²) in [7, 11) is 0. The molecule has 8 nitrogen and oxygen atoms in total. The fourth-order valence-electron chi connectivity index (χ4n) is 5.51. The van der Waals surface area contributed by atoms with Crippen LogP contribution in [0.4, 0.5) is 21.6 Å². The first kappa shape index (κ1) is 29.8. The predicted molar refractivity (Wildman–Crippen MR) is 171 cm³/mol. The van der Waals surface area contributed by atoms with Gasteiger partial charge in [-0.1, -0.05) is 36.7 Å². The van der Waals surface area contributed by atoms with Crippen molar-refractivity contribution in [2.24, 2.45) is 5.92 Å². The van der Waals surface area contributed by atoms with E-state index in [0.29, 0.717) is 57.9 Å². The van der Waals surface area contributed by atoms with Gasteiger partial charge in [-0.05, 0) is 80.2 Å². The van der Waals surface area contributed by atoms with E-state index in [1.807, 2.05) is 24.3 Å². The molecule has 0 saturated carbocycles. The molecule has 3 aromatic carbocycles. The van der Waals surface area contributed by atoms with Crippen molar-refractivity contribution >= 4 is 45.6 Å². The summed E-state index contributed by atoms with van der Waals surface area (Å²) in [5, 5.41) is 4.47. The van der Waals surface area contributed by atoms with Gasteiger partial charge in [0, 0.05) is 36.3 Å². The first-order valence-corrected chi connectivity index (χ1v) is 15.4. The number of hydrogen-bond donors (Lipinski definition) is 1. The summed E-state index contributed by atoms with van der Waals surface area (Å²) in [4.78, 5) is 26.5. The number of piperidine rings is 1. The lowest BCUT2D eigenvalue weighted by atomic mass is 9.99. The van der Waals surface area contributed by atoms with Crippen molar-refractivity contribution in [3.8, 4) is 11.5 Å². The molecule has 2 aliphatic heterocycles. The van der Waals surface area contributed by atoms with Crippen LogP contribution in [0.25, 0.3) is 10.9 Å². The zero-order valence-electron chi connectivity index (χ0n) is 24.6. The second-order valence-electron chi connectivity index (χ2n) is 11.3. The van der Waals surface area contributed by atoms with Crippen LogP contribution < -0.4 is 19.7 Å². The number of nitrogens with one attached hydrogen (secondary N) is 1. The Morgan fingerprint density at radius 3 is 2.82 bits per heavy atom. The molecule has 3 heterocycles. The topological polar surface area (TPSA) is 79.8 Å². The number of carbonyl (C=O) groups is 1. The molecule has 44 heavy (non-hydrogen) atoms. The van der Waals surface area contributed by atoms with E-state index in [1.54, 1.807) is 35.2 Å². The lowest BCUT2D eigenvalue weighted by molar-refractivity contribution is -0.114. The summed E-state index contributed by atoms with van der Waals surface area (Å²) in [5.74, 6) is 2.04. The largest absolute Gasteiger partial charge is 0.491 e. The lowest BCUT2D eigenvalue weighted by Crippen LogP contribution is -2.33. The van der Waals surface area contributed by atoms with Gasteiger partial charge in [-0.15, -0.1) is 0 Å². The summed E-state index contributed by atoms with van der Waals surface area (Å²) >= 11 is 6.53. The van der Waals surface area contributed by atoms with Crippen LogP contribution in [0.5, 0.6) is 11.5 Å². The van der Waals surface area contributed by atoms with Crippen LogP contribution in [0, 0.1) is 11.7 Å². The highest BCUT2D eigenvalue weighted by molar-refractivity contribution is 6.32. The molecule has 0 radical (unpaired) electrons. The van der Waals surface area contributed by atoms with E-state index < -0.39 is 0 Å². The molecule has 1 N–H and O–H groups in total. The molecule has 4 aromatic rings. The van der Waals surface area contributed by atoms with Crippen molar-refractivity contribution in [3.63, 3.8) is 0 Å². The number of benzene rings is 3. The van der Waals surface area contributed by atoms with Gasteiger partial charge in [0.2, 0.25) is 0 Å². The van der Waals surface area contributed by atoms with Crippen LogP contribution in [0.1, 0.15) is 31.7 Å². The van der Waals surface area contributed by atoms with Crippen molar-refractivity contribution in [3.05, 3.63) is 89.5 Å².